The van der Waals surface area contributed by atoms with Gasteiger partial charge in [-0.05, 0) is 43.9 Å². The molecule has 1 aliphatic carbocycles. The van der Waals surface area contributed by atoms with Gasteiger partial charge in [-0.2, -0.15) is 0 Å². The van der Waals surface area contributed by atoms with E-state index in [0.717, 1.165) is 5.92 Å². The Kier molecular flexibility index (Phi) is 6.02. The lowest BCUT2D eigenvalue weighted by Crippen LogP contribution is -2.29. The van der Waals surface area contributed by atoms with Crippen LogP contribution in [0.25, 0.3) is 0 Å². The van der Waals surface area contributed by atoms with Crippen molar-refractivity contribution in [2.24, 2.45) is 11.3 Å². The van der Waals surface area contributed by atoms with Crippen LogP contribution in [0.1, 0.15) is 72.6 Å². The van der Waals surface area contributed by atoms with Crippen molar-refractivity contribution in [1.82, 2.24) is 0 Å². The molecule has 0 amide bonds. The van der Waals surface area contributed by atoms with Gasteiger partial charge in [-0.15, -0.1) is 0 Å². The van der Waals surface area contributed by atoms with E-state index >= 15 is 0 Å². The summed E-state index contributed by atoms with van der Waals surface area (Å²) in [6, 6.07) is 0. The molecule has 0 fully saturated rings. The zero-order chi connectivity index (χ0) is 12.7. The highest BCUT2D eigenvalue weighted by atomic mass is 14.4. The lowest BCUT2D eigenvalue weighted by atomic mass is 9.65. The molecular formula is C17H30. The van der Waals surface area contributed by atoms with Crippen LogP contribution in [-0.2, 0) is 0 Å². The summed E-state index contributed by atoms with van der Waals surface area (Å²) in [6.07, 6.45) is 16.5. The second-order valence-corrected chi connectivity index (χ2v) is 6.04. The molecule has 0 N–H and O–H groups in total. The van der Waals surface area contributed by atoms with Crippen molar-refractivity contribution in [3.63, 3.8) is 0 Å². The molecule has 0 heteroatoms. The third-order valence-electron chi connectivity index (χ3n) is 4.22. The van der Waals surface area contributed by atoms with Crippen LogP contribution in [0.15, 0.2) is 23.8 Å². The maximum Gasteiger partial charge on any atom is -0.0142 e. The fourth-order valence-electron chi connectivity index (χ4n) is 3.05. The lowest BCUT2D eigenvalue weighted by Gasteiger charge is -2.40. The third kappa shape index (κ3) is 4.33. The molecule has 98 valence electrons. The fraction of sp³-hybridized carbons (Fsp3) is 0.765. The van der Waals surface area contributed by atoms with Gasteiger partial charge in [0.1, 0.15) is 0 Å². The molecule has 0 spiro atoms. The average molecular weight is 234 g/mol. The first kappa shape index (κ1) is 14.5. The molecule has 0 heterocycles. The van der Waals surface area contributed by atoms with Gasteiger partial charge in [0.05, 0.1) is 0 Å². The summed E-state index contributed by atoms with van der Waals surface area (Å²) in [6.45, 7) is 9.36. The number of allylic oxidation sites excluding steroid dienone is 4. The highest BCUT2D eigenvalue weighted by Crippen LogP contribution is 2.45. The first-order valence-electron chi connectivity index (χ1n) is 7.44. The molecular weight excluding hydrogens is 204 g/mol. The molecule has 0 aromatic rings. The zero-order valence-electron chi connectivity index (χ0n) is 12.3. The van der Waals surface area contributed by atoms with Crippen LogP contribution < -0.4 is 0 Å². The van der Waals surface area contributed by atoms with Crippen molar-refractivity contribution in [3.8, 4) is 0 Å². The summed E-state index contributed by atoms with van der Waals surface area (Å²) >= 11 is 0. The molecule has 0 saturated carbocycles. The first-order chi connectivity index (χ1) is 8.12. The van der Waals surface area contributed by atoms with Gasteiger partial charge in [-0.3, -0.25) is 0 Å². The Morgan fingerprint density at radius 2 is 2.12 bits per heavy atom. The van der Waals surface area contributed by atoms with Crippen molar-refractivity contribution in [2.75, 3.05) is 0 Å². The van der Waals surface area contributed by atoms with Gasteiger partial charge in [0.15, 0.2) is 0 Å². The second kappa shape index (κ2) is 7.03. The van der Waals surface area contributed by atoms with E-state index in [1.807, 2.05) is 0 Å². The van der Waals surface area contributed by atoms with Gasteiger partial charge in [0.25, 0.3) is 0 Å². The topological polar surface area (TPSA) is 0 Å². The van der Waals surface area contributed by atoms with Crippen molar-refractivity contribution in [2.45, 2.75) is 72.6 Å². The third-order valence-corrected chi connectivity index (χ3v) is 4.22. The Morgan fingerprint density at radius 1 is 1.35 bits per heavy atom. The van der Waals surface area contributed by atoms with Crippen LogP contribution >= 0.6 is 0 Å². The summed E-state index contributed by atoms with van der Waals surface area (Å²) in [5.41, 5.74) is 2.11. The van der Waals surface area contributed by atoms with Crippen LogP contribution in [0.3, 0.4) is 0 Å². The Bertz CT molecular complexity index is 272. The molecule has 2 unspecified atom stereocenters. The molecule has 0 aliphatic heterocycles. The van der Waals surface area contributed by atoms with Gasteiger partial charge >= 0.3 is 0 Å². The first-order valence-corrected chi connectivity index (χ1v) is 7.44. The molecule has 17 heavy (non-hydrogen) atoms. The minimum atomic E-state index is 0.513. The van der Waals surface area contributed by atoms with Gasteiger partial charge < -0.3 is 0 Å². The largest absolute Gasteiger partial charge is 0.0882 e. The van der Waals surface area contributed by atoms with E-state index in [-0.39, 0.29) is 0 Å². The highest BCUT2D eigenvalue weighted by Gasteiger charge is 2.33. The smallest absolute Gasteiger partial charge is 0.0142 e. The highest BCUT2D eigenvalue weighted by molar-refractivity contribution is 5.13. The maximum absolute atomic E-state index is 2.50. The minimum Gasteiger partial charge on any atom is -0.0882 e. The van der Waals surface area contributed by atoms with Gasteiger partial charge in [-0.1, -0.05) is 63.8 Å². The molecule has 0 nitrogen and oxygen atoms in total. The SMILES string of the molecule is CCC/C=C\C1CC=C(C)CC1(C)CCCC. The van der Waals surface area contributed by atoms with Crippen molar-refractivity contribution in [3.05, 3.63) is 23.8 Å². The van der Waals surface area contributed by atoms with E-state index in [4.69, 9.17) is 0 Å². The zero-order valence-corrected chi connectivity index (χ0v) is 12.3. The van der Waals surface area contributed by atoms with Crippen LogP contribution in [0.2, 0.25) is 0 Å². The van der Waals surface area contributed by atoms with Crippen LogP contribution in [0.4, 0.5) is 0 Å². The van der Waals surface area contributed by atoms with Crippen LogP contribution in [0, 0.1) is 11.3 Å². The number of hydrogen-bond acceptors (Lipinski definition) is 0. The van der Waals surface area contributed by atoms with Crippen molar-refractivity contribution < 1.29 is 0 Å². The molecule has 1 aliphatic rings. The second-order valence-electron chi connectivity index (χ2n) is 6.04. The van der Waals surface area contributed by atoms with E-state index in [9.17, 15) is 0 Å². The summed E-state index contributed by atoms with van der Waals surface area (Å²) in [4.78, 5) is 0. The van der Waals surface area contributed by atoms with Gasteiger partial charge in [0.2, 0.25) is 0 Å². The normalized spacial score (nSPS) is 29.6. The average Bonchev–Trinajstić information content (AvgIpc) is 2.30. The van der Waals surface area contributed by atoms with E-state index in [2.05, 4.69) is 45.9 Å². The standard InChI is InChI=1S/C17H30/c1-5-7-9-10-16-12-11-15(3)14-17(16,4)13-8-6-2/h9-11,16H,5-8,12-14H2,1-4H3/b10-9-. The Labute approximate surface area is 108 Å². The number of hydrogen-bond donors (Lipinski definition) is 0. The van der Waals surface area contributed by atoms with Gasteiger partial charge in [0, 0.05) is 0 Å². The summed E-state index contributed by atoms with van der Waals surface area (Å²) in [7, 11) is 0. The summed E-state index contributed by atoms with van der Waals surface area (Å²) < 4.78 is 0. The Hall–Kier alpha value is -0.520. The van der Waals surface area contributed by atoms with E-state index in [1.165, 1.54) is 44.9 Å². The quantitative estimate of drug-likeness (QED) is 0.502. The molecule has 0 radical (unpaired) electrons. The molecule has 0 saturated heterocycles. The number of rotatable bonds is 6. The predicted octanol–water partition coefficient (Wildman–Crippen LogP) is 5.90. The minimum absolute atomic E-state index is 0.513. The molecule has 0 aromatic heterocycles. The van der Waals surface area contributed by atoms with Crippen LogP contribution in [-0.4, -0.2) is 0 Å². The van der Waals surface area contributed by atoms with Crippen molar-refractivity contribution in [1.29, 1.82) is 0 Å². The maximum atomic E-state index is 2.50. The lowest BCUT2D eigenvalue weighted by molar-refractivity contribution is 0.189. The van der Waals surface area contributed by atoms with Crippen LogP contribution in [0.5, 0.6) is 0 Å². The Balaban J connectivity index is 2.69. The van der Waals surface area contributed by atoms with Crippen molar-refractivity contribution >= 4 is 0 Å². The molecule has 1 rings (SSSR count). The van der Waals surface area contributed by atoms with E-state index in [1.54, 1.807) is 5.57 Å². The molecule has 0 bridgehead atoms. The van der Waals surface area contributed by atoms with E-state index in [0.29, 0.717) is 5.41 Å². The molecule has 2 atom stereocenters. The van der Waals surface area contributed by atoms with E-state index < -0.39 is 0 Å². The monoisotopic (exact) mass is 234 g/mol. The summed E-state index contributed by atoms with van der Waals surface area (Å²) in [5, 5.41) is 0. The molecule has 0 aromatic carbocycles. The summed E-state index contributed by atoms with van der Waals surface area (Å²) in [5.74, 6) is 0.768. The number of unbranched alkanes of at least 4 members (excludes halogenated alkanes) is 2. The predicted molar refractivity (Wildman–Crippen MR) is 78.2 cm³/mol. The Morgan fingerprint density at radius 3 is 2.76 bits per heavy atom. The fourth-order valence-corrected chi connectivity index (χ4v) is 3.05. The van der Waals surface area contributed by atoms with Gasteiger partial charge in [-0.25, -0.2) is 0 Å².